The number of imidazole rings is 1. The zero-order valence-corrected chi connectivity index (χ0v) is 14.8. The highest BCUT2D eigenvalue weighted by Crippen LogP contribution is 2.32. The lowest BCUT2D eigenvalue weighted by molar-refractivity contribution is 0.325. The Morgan fingerprint density at radius 1 is 1.04 bits per heavy atom. The molecule has 3 aromatic rings. The molecule has 4 heteroatoms. The first kappa shape index (κ1) is 16.3. The van der Waals surface area contributed by atoms with E-state index in [1.807, 2.05) is 0 Å². The first-order valence-corrected chi connectivity index (χ1v) is 9.14. The molecule has 0 saturated carbocycles. The van der Waals surface area contributed by atoms with Crippen molar-refractivity contribution in [2.75, 3.05) is 26.2 Å². The Hall–Kier alpha value is -2.17. The van der Waals surface area contributed by atoms with E-state index in [4.69, 9.17) is 10.7 Å². The predicted molar refractivity (Wildman–Crippen MR) is 103 cm³/mol. The van der Waals surface area contributed by atoms with Gasteiger partial charge in [-0.15, -0.1) is 0 Å². The summed E-state index contributed by atoms with van der Waals surface area (Å²) in [7, 11) is 2.12. The van der Waals surface area contributed by atoms with Crippen molar-refractivity contribution in [2.24, 2.45) is 18.7 Å². The van der Waals surface area contributed by atoms with E-state index in [2.05, 4.69) is 71.1 Å². The largest absolute Gasteiger partial charge is 0.331 e. The van der Waals surface area contributed by atoms with Gasteiger partial charge in [-0.25, -0.2) is 4.98 Å². The fourth-order valence-electron chi connectivity index (χ4n) is 4.14. The van der Waals surface area contributed by atoms with Crippen LogP contribution in [0.1, 0.15) is 17.3 Å². The first-order chi connectivity index (χ1) is 12.3. The number of nitrogens with zero attached hydrogens (tertiary/aromatic N) is 3. The van der Waals surface area contributed by atoms with Crippen LogP contribution in [0.5, 0.6) is 0 Å². The normalized spacial score (nSPS) is 21.2. The highest BCUT2D eigenvalue weighted by Gasteiger charge is 2.32. The van der Waals surface area contributed by atoms with Crippen molar-refractivity contribution in [3.63, 3.8) is 0 Å². The Balaban J connectivity index is 1.45. The summed E-state index contributed by atoms with van der Waals surface area (Å²) < 4.78 is 2.22. The zero-order chi connectivity index (χ0) is 17.2. The molecule has 1 fully saturated rings. The van der Waals surface area contributed by atoms with Crippen LogP contribution in [0.2, 0.25) is 0 Å². The predicted octanol–water partition coefficient (Wildman–Crippen LogP) is 2.79. The third-order valence-corrected chi connectivity index (χ3v) is 5.58. The Kier molecular flexibility index (Phi) is 4.55. The molecule has 1 saturated heterocycles. The zero-order valence-electron chi connectivity index (χ0n) is 14.8. The van der Waals surface area contributed by atoms with Gasteiger partial charge in [-0.05, 0) is 30.2 Å². The lowest BCUT2D eigenvalue weighted by atomic mass is 9.89. The van der Waals surface area contributed by atoms with Gasteiger partial charge in [0.1, 0.15) is 5.82 Å². The minimum atomic E-state index is 0.544. The molecule has 0 radical (unpaired) electrons. The SMILES string of the molecule is Cn1c(CCN2C[C@@H](CN)[C@H](c3ccccc3)C2)nc2ccccc21. The lowest BCUT2D eigenvalue weighted by Gasteiger charge is -2.16. The van der Waals surface area contributed by atoms with Gasteiger partial charge in [0.25, 0.3) is 0 Å². The maximum Gasteiger partial charge on any atom is 0.110 e. The minimum absolute atomic E-state index is 0.544. The highest BCUT2D eigenvalue weighted by atomic mass is 15.2. The molecule has 1 aliphatic heterocycles. The van der Waals surface area contributed by atoms with Crippen molar-refractivity contribution in [3.8, 4) is 0 Å². The van der Waals surface area contributed by atoms with E-state index < -0.39 is 0 Å². The van der Waals surface area contributed by atoms with Crippen LogP contribution in [-0.4, -0.2) is 40.6 Å². The Bertz CT molecular complexity index is 839. The van der Waals surface area contributed by atoms with E-state index >= 15 is 0 Å². The fraction of sp³-hybridized carbons (Fsp3) is 0.381. The van der Waals surface area contributed by atoms with Crippen LogP contribution in [0.25, 0.3) is 11.0 Å². The first-order valence-electron chi connectivity index (χ1n) is 9.14. The number of hydrogen-bond acceptors (Lipinski definition) is 3. The van der Waals surface area contributed by atoms with E-state index in [9.17, 15) is 0 Å². The van der Waals surface area contributed by atoms with Gasteiger partial charge >= 0.3 is 0 Å². The summed E-state index contributed by atoms with van der Waals surface area (Å²) >= 11 is 0. The van der Waals surface area contributed by atoms with Crippen molar-refractivity contribution in [3.05, 3.63) is 66.0 Å². The topological polar surface area (TPSA) is 47.1 Å². The number of likely N-dealkylation sites (tertiary alicyclic amines) is 1. The second kappa shape index (κ2) is 6.98. The Morgan fingerprint density at radius 2 is 1.80 bits per heavy atom. The van der Waals surface area contributed by atoms with Crippen LogP contribution in [0.4, 0.5) is 0 Å². The van der Waals surface area contributed by atoms with Gasteiger partial charge in [-0.1, -0.05) is 42.5 Å². The monoisotopic (exact) mass is 334 g/mol. The van der Waals surface area contributed by atoms with Crippen LogP contribution in [0, 0.1) is 5.92 Å². The second-order valence-corrected chi connectivity index (χ2v) is 7.10. The van der Waals surface area contributed by atoms with Crippen LogP contribution < -0.4 is 5.73 Å². The molecule has 2 N–H and O–H groups in total. The summed E-state index contributed by atoms with van der Waals surface area (Å²) in [6.45, 7) is 3.97. The summed E-state index contributed by atoms with van der Waals surface area (Å²) in [5.74, 6) is 2.25. The van der Waals surface area contributed by atoms with E-state index in [0.29, 0.717) is 11.8 Å². The number of hydrogen-bond donors (Lipinski definition) is 1. The minimum Gasteiger partial charge on any atom is -0.331 e. The van der Waals surface area contributed by atoms with Crippen molar-refractivity contribution in [2.45, 2.75) is 12.3 Å². The van der Waals surface area contributed by atoms with Gasteiger partial charge in [0.05, 0.1) is 11.0 Å². The summed E-state index contributed by atoms with van der Waals surface area (Å²) in [5.41, 5.74) is 9.78. The molecule has 2 heterocycles. The second-order valence-electron chi connectivity index (χ2n) is 7.10. The maximum absolute atomic E-state index is 6.06. The van der Waals surface area contributed by atoms with Crippen molar-refractivity contribution in [1.29, 1.82) is 0 Å². The van der Waals surface area contributed by atoms with Crippen LogP contribution in [0.15, 0.2) is 54.6 Å². The summed E-state index contributed by atoms with van der Waals surface area (Å²) in [5, 5.41) is 0. The number of nitrogens with two attached hydrogens (primary N) is 1. The molecule has 2 atom stereocenters. The molecule has 2 aromatic carbocycles. The molecule has 0 spiro atoms. The molecular weight excluding hydrogens is 308 g/mol. The Morgan fingerprint density at radius 3 is 2.56 bits per heavy atom. The summed E-state index contributed by atoms with van der Waals surface area (Å²) in [6.07, 6.45) is 0.976. The van der Waals surface area contributed by atoms with E-state index in [1.165, 1.54) is 11.1 Å². The third-order valence-electron chi connectivity index (χ3n) is 5.58. The van der Waals surface area contributed by atoms with Crippen molar-refractivity contribution in [1.82, 2.24) is 14.5 Å². The van der Waals surface area contributed by atoms with Crippen LogP contribution in [-0.2, 0) is 13.5 Å². The standard InChI is InChI=1S/C21H26N4/c1-24-20-10-6-5-9-19(20)23-21(24)11-12-25-14-17(13-22)18(15-25)16-7-3-2-4-8-16/h2-10,17-18H,11-15,22H2,1H3/t17-,18+/m1/s1. The molecule has 130 valence electrons. The van der Waals surface area contributed by atoms with Gasteiger partial charge in [0.2, 0.25) is 0 Å². The molecular formula is C21H26N4. The molecule has 0 aliphatic carbocycles. The van der Waals surface area contributed by atoms with E-state index in [-0.39, 0.29) is 0 Å². The summed E-state index contributed by atoms with van der Waals surface area (Å²) in [6, 6.07) is 19.2. The summed E-state index contributed by atoms with van der Waals surface area (Å²) in [4.78, 5) is 7.35. The van der Waals surface area contributed by atoms with E-state index in [0.717, 1.165) is 43.9 Å². The number of fused-ring (bicyclic) bond motifs is 1. The molecule has 1 aromatic heterocycles. The molecule has 0 amide bonds. The number of aryl methyl sites for hydroxylation is 1. The fourth-order valence-corrected chi connectivity index (χ4v) is 4.14. The number of aromatic nitrogens is 2. The smallest absolute Gasteiger partial charge is 0.110 e. The van der Waals surface area contributed by atoms with Crippen LogP contribution >= 0.6 is 0 Å². The van der Waals surface area contributed by atoms with E-state index in [1.54, 1.807) is 0 Å². The van der Waals surface area contributed by atoms with Gasteiger partial charge in [0, 0.05) is 39.0 Å². The molecule has 0 bridgehead atoms. The maximum atomic E-state index is 6.06. The number of para-hydroxylation sites is 2. The molecule has 0 unspecified atom stereocenters. The number of benzene rings is 2. The van der Waals surface area contributed by atoms with Crippen LogP contribution in [0.3, 0.4) is 0 Å². The third kappa shape index (κ3) is 3.20. The van der Waals surface area contributed by atoms with Gasteiger partial charge < -0.3 is 15.2 Å². The van der Waals surface area contributed by atoms with Crippen molar-refractivity contribution < 1.29 is 0 Å². The lowest BCUT2D eigenvalue weighted by Crippen LogP contribution is -2.26. The Labute approximate surface area is 149 Å². The molecule has 25 heavy (non-hydrogen) atoms. The highest BCUT2D eigenvalue weighted by molar-refractivity contribution is 5.75. The number of rotatable bonds is 5. The molecule has 1 aliphatic rings. The van der Waals surface area contributed by atoms with Gasteiger partial charge in [-0.2, -0.15) is 0 Å². The van der Waals surface area contributed by atoms with Gasteiger partial charge in [0.15, 0.2) is 0 Å². The quantitative estimate of drug-likeness (QED) is 0.780. The van der Waals surface area contributed by atoms with Gasteiger partial charge in [-0.3, -0.25) is 0 Å². The molecule has 4 rings (SSSR count). The average Bonchev–Trinajstić information content (AvgIpc) is 3.22. The average molecular weight is 334 g/mol. The van der Waals surface area contributed by atoms with Crippen molar-refractivity contribution >= 4 is 11.0 Å². The molecule has 4 nitrogen and oxygen atoms in total.